The maximum Gasteiger partial charge on any atom is 0.407 e. The zero-order chi connectivity index (χ0) is 14.8. The largest absolute Gasteiger partial charge is 0.465 e. The monoisotopic (exact) mass is 289 g/mol. The van der Waals surface area contributed by atoms with Gasteiger partial charge in [-0.25, -0.2) is 4.79 Å². The number of fused-ring (bicyclic) bond motifs is 1. The minimum absolute atomic E-state index is 0.560. The summed E-state index contributed by atoms with van der Waals surface area (Å²) in [6, 6.07) is 4.26. The Bertz CT molecular complexity index is 539. The zero-order valence-electron chi connectivity index (χ0n) is 12.3. The predicted octanol–water partition coefficient (Wildman–Crippen LogP) is 2.34. The number of nitrogens with two attached hydrogens (primary N) is 1. The van der Waals surface area contributed by atoms with E-state index < -0.39 is 6.09 Å². The first-order valence-electron chi connectivity index (χ1n) is 7.79. The normalized spacial score (nSPS) is 19.0. The number of hydrogen-bond acceptors (Lipinski definition) is 3. The molecule has 1 aromatic carbocycles. The molecule has 1 amide bonds. The first kappa shape index (κ1) is 14.0. The number of nitrogens with zero attached hydrogens (tertiary/aromatic N) is 2. The van der Waals surface area contributed by atoms with Gasteiger partial charge in [0.2, 0.25) is 0 Å². The third kappa shape index (κ3) is 2.91. The lowest BCUT2D eigenvalue weighted by atomic mass is 9.99. The van der Waals surface area contributed by atoms with E-state index in [1.165, 1.54) is 35.3 Å². The molecule has 5 heteroatoms. The van der Waals surface area contributed by atoms with Gasteiger partial charge in [0.05, 0.1) is 11.4 Å². The van der Waals surface area contributed by atoms with Crippen LogP contribution in [0.3, 0.4) is 0 Å². The number of carbonyl (C=O) groups is 1. The second-order valence-electron chi connectivity index (χ2n) is 6.00. The van der Waals surface area contributed by atoms with Crippen LogP contribution in [0.4, 0.5) is 16.2 Å². The van der Waals surface area contributed by atoms with E-state index in [1.807, 2.05) is 0 Å². The van der Waals surface area contributed by atoms with Crippen LogP contribution in [0, 0.1) is 0 Å². The summed E-state index contributed by atoms with van der Waals surface area (Å²) in [5.41, 5.74) is 10.7. The molecule has 1 fully saturated rings. The fourth-order valence-electron chi connectivity index (χ4n) is 3.38. The molecule has 1 saturated heterocycles. The van der Waals surface area contributed by atoms with E-state index >= 15 is 0 Å². The molecule has 5 nitrogen and oxygen atoms in total. The number of benzene rings is 1. The molecule has 0 bridgehead atoms. The Balaban J connectivity index is 1.85. The van der Waals surface area contributed by atoms with Crippen LogP contribution in [0.15, 0.2) is 12.1 Å². The molecule has 1 aromatic rings. The highest BCUT2D eigenvalue weighted by Crippen LogP contribution is 2.31. The standard InChI is InChI=1S/C16H23N3O2/c17-14-10-12-4-8-19(16(20)21)9-5-13(12)11-15(14)18-6-2-1-3-7-18/h10-11H,1-9,17H2,(H,20,21). The van der Waals surface area contributed by atoms with Crippen LogP contribution in [0.2, 0.25) is 0 Å². The average molecular weight is 289 g/mol. The summed E-state index contributed by atoms with van der Waals surface area (Å²) in [4.78, 5) is 15.0. The van der Waals surface area contributed by atoms with Crippen LogP contribution in [-0.4, -0.2) is 42.3 Å². The SMILES string of the molecule is Nc1cc2c(cc1N1CCCCC1)CCN(C(=O)O)CC2. The minimum atomic E-state index is -0.827. The highest BCUT2D eigenvalue weighted by atomic mass is 16.4. The topological polar surface area (TPSA) is 69.8 Å². The number of piperidine rings is 1. The molecular weight excluding hydrogens is 266 g/mol. The summed E-state index contributed by atoms with van der Waals surface area (Å²) in [6.07, 6.45) is 4.46. The summed E-state index contributed by atoms with van der Waals surface area (Å²) in [5.74, 6) is 0. The maximum absolute atomic E-state index is 11.1. The fourth-order valence-corrected chi connectivity index (χ4v) is 3.38. The number of hydrogen-bond donors (Lipinski definition) is 2. The molecule has 2 heterocycles. The van der Waals surface area contributed by atoms with Gasteiger partial charge < -0.3 is 20.6 Å². The predicted molar refractivity (Wildman–Crippen MR) is 83.9 cm³/mol. The molecule has 21 heavy (non-hydrogen) atoms. The summed E-state index contributed by atoms with van der Waals surface area (Å²) in [5, 5.41) is 9.15. The van der Waals surface area contributed by atoms with Gasteiger partial charge in [-0.3, -0.25) is 0 Å². The van der Waals surface area contributed by atoms with Crippen molar-refractivity contribution in [2.24, 2.45) is 0 Å². The smallest absolute Gasteiger partial charge is 0.407 e. The van der Waals surface area contributed by atoms with E-state index in [2.05, 4.69) is 17.0 Å². The lowest BCUT2D eigenvalue weighted by molar-refractivity contribution is 0.147. The van der Waals surface area contributed by atoms with Gasteiger partial charge in [0.15, 0.2) is 0 Å². The number of carboxylic acid groups (broad SMARTS) is 1. The molecule has 0 aliphatic carbocycles. The summed E-state index contributed by atoms with van der Waals surface area (Å²) in [7, 11) is 0. The van der Waals surface area contributed by atoms with Crippen LogP contribution >= 0.6 is 0 Å². The third-order valence-electron chi connectivity index (χ3n) is 4.62. The zero-order valence-corrected chi connectivity index (χ0v) is 12.3. The number of rotatable bonds is 1. The molecule has 2 aliphatic heterocycles. The number of amides is 1. The Morgan fingerprint density at radius 2 is 1.62 bits per heavy atom. The van der Waals surface area contributed by atoms with Crippen molar-refractivity contribution < 1.29 is 9.90 Å². The van der Waals surface area contributed by atoms with Crippen molar-refractivity contribution in [3.05, 3.63) is 23.3 Å². The maximum atomic E-state index is 11.1. The van der Waals surface area contributed by atoms with Gasteiger partial charge in [0.25, 0.3) is 0 Å². The van der Waals surface area contributed by atoms with Crippen molar-refractivity contribution in [1.29, 1.82) is 0 Å². The fraction of sp³-hybridized carbons (Fsp3) is 0.562. The van der Waals surface area contributed by atoms with Gasteiger partial charge in [-0.2, -0.15) is 0 Å². The van der Waals surface area contributed by atoms with Crippen LogP contribution in [0.25, 0.3) is 0 Å². The molecule has 0 unspecified atom stereocenters. The minimum Gasteiger partial charge on any atom is -0.465 e. The first-order valence-corrected chi connectivity index (χ1v) is 7.79. The molecule has 0 radical (unpaired) electrons. The molecule has 0 aromatic heterocycles. The van der Waals surface area contributed by atoms with Gasteiger partial charge in [-0.15, -0.1) is 0 Å². The van der Waals surface area contributed by atoms with Crippen molar-refractivity contribution in [1.82, 2.24) is 4.90 Å². The van der Waals surface area contributed by atoms with Crippen LogP contribution in [0.5, 0.6) is 0 Å². The molecule has 2 aliphatic rings. The second kappa shape index (κ2) is 5.84. The van der Waals surface area contributed by atoms with Crippen molar-refractivity contribution in [2.45, 2.75) is 32.1 Å². The second-order valence-corrected chi connectivity index (χ2v) is 6.00. The lowest BCUT2D eigenvalue weighted by Gasteiger charge is -2.30. The number of nitrogen functional groups attached to an aromatic ring is 1. The molecule has 0 atom stereocenters. The van der Waals surface area contributed by atoms with Crippen molar-refractivity contribution in [3.63, 3.8) is 0 Å². The molecule has 0 saturated carbocycles. The number of anilines is 2. The van der Waals surface area contributed by atoms with E-state index in [0.29, 0.717) is 13.1 Å². The van der Waals surface area contributed by atoms with Crippen LogP contribution in [-0.2, 0) is 12.8 Å². The van der Waals surface area contributed by atoms with Gasteiger partial charge in [0.1, 0.15) is 0 Å². The Labute approximate surface area is 125 Å². The lowest BCUT2D eigenvalue weighted by Crippen LogP contribution is -2.31. The van der Waals surface area contributed by atoms with Crippen molar-refractivity contribution >= 4 is 17.5 Å². The molecule has 0 spiro atoms. The van der Waals surface area contributed by atoms with E-state index in [4.69, 9.17) is 10.8 Å². The highest BCUT2D eigenvalue weighted by Gasteiger charge is 2.21. The Hall–Kier alpha value is -1.91. The summed E-state index contributed by atoms with van der Waals surface area (Å²) in [6.45, 7) is 3.28. The Morgan fingerprint density at radius 3 is 2.24 bits per heavy atom. The van der Waals surface area contributed by atoms with Crippen LogP contribution in [0.1, 0.15) is 30.4 Å². The summed E-state index contributed by atoms with van der Waals surface area (Å²) >= 11 is 0. The van der Waals surface area contributed by atoms with E-state index in [-0.39, 0.29) is 0 Å². The van der Waals surface area contributed by atoms with Crippen molar-refractivity contribution in [2.75, 3.05) is 36.8 Å². The van der Waals surface area contributed by atoms with E-state index in [0.717, 1.165) is 37.3 Å². The van der Waals surface area contributed by atoms with Gasteiger partial charge in [-0.1, -0.05) is 0 Å². The van der Waals surface area contributed by atoms with Crippen LogP contribution < -0.4 is 10.6 Å². The molecule has 114 valence electrons. The average Bonchev–Trinajstić information content (AvgIpc) is 2.69. The quantitative estimate of drug-likeness (QED) is 0.779. The van der Waals surface area contributed by atoms with E-state index in [1.54, 1.807) is 0 Å². The summed E-state index contributed by atoms with van der Waals surface area (Å²) < 4.78 is 0. The molecular formula is C16H23N3O2. The van der Waals surface area contributed by atoms with E-state index in [9.17, 15) is 4.79 Å². The van der Waals surface area contributed by atoms with Gasteiger partial charge >= 0.3 is 6.09 Å². The molecule has 3 N–H and O–H groups in total. The van der Waals surface area contributed by atoms with Crippen molar-refractivity contribution in [3.8, 4) is 0 Å². The highest BCUT2D eigenvalue weighted by molar-refractivity contribution is 5.71. The first-order chi connectivity index (χ1) is 10.1. The van der Waals surface area contributed by atoms with Gasteiger partial charge in [0, 0.05) is 26.2 Å². The third-order valence-corrected chi connectivity index (χ3v) is 4.62. The van der Waals surface area contributed by atoms with Gasteiger partial charge in [-0.05, 0) is 55.4 Å². The Kier molecular flexibility index (Phi) is 3.90. The Morgan fingerprint density at radius 1 is 1.00 bits per heavy atom. The molecule has 3 rings (SSSR count).